The van der Waals surface area contributed by atoms with Crippen LogP contribution < -0.4 is 0 Å². The summed E-state index contributed by atoms with van der Waals surface area (Å²) in [5.74, 6) is 0.668. The Hall–Kier alpha value is -1.87. The zero-order valence-corrected chi connectivity index (χ0v) is 13.6. The summed E-state index contributed by atoms with van der Waals surface area (Å²) in [5, 5.41) is 0.778. The third-order valence-electron chi connectivity index (χ3n) is 5.04. The molecule has 118 valence electrons. The predicted molar refractivity (Wildman–Crippen MR) is 90.2 cm³/mol. The molecule has 2 aromatic rings. The summed E-state index contributed by atoms with van der Waals surface area (Å²) in [7, 11) is 0. The molecular weight excluding hydrogens is 308 g/mol. The summed E-state index contributed by atoms with van der Waals surface area (Å²) >= 11 is 6.28. The Morgan fingerprint density at radius 2 is 1.96 bits per heavy atom. The van der Waals surface area contributed by atoms with E-state index in [0.717, 1.165) is 36.4 Å². The molecule has 2 fully saturated rings. The van der Waals surface area contributed by atoms with Gasteiger partial charge in [0.05, 0.1) is 6.04 Å². The van der Waals surface area contributed by atoms with Crippen LogP contribution in [-0.4, -0.2) is 22.3 Å². The quantitative estimate of drug-likeness (QED) is 0.846. The molecule has 1 saturated heterocycles. The number of benzene rings is 1. The monoisotopic (exact) mass is 326 g/mol. The molecule has 1 saturated carbocycles. The Morgan fingerprint density at radius 1 is 1.17 bits per heavy atom. The van der Waals surface area contributed by atoms with Crippen molar-refractivity contribution in [1.82, 2.24) is 9.88 Å². The van der Waals surface area contributed by atoms with Crippen LogP contribution in [0.4, 0.5) is 0 Å². The van der Waals surface area contributed by atoms with Gasteiger partial charge in [-0.05, 0) is 54.5 Å². The van der Waals surface area contributed by atoms with E-state index in [0.29, 0.717) is 0 Å². The molecular formula is C19H19ClN2O. The first-order valence-corrected chi connectivity index (χ1v) is 8.58. The van der Waals surface area contributed by atoms with Crippen LogP contribution in [-0.2, 0) is 4.79 Å². The van der Waals surface area contributed by atoms with E-state index in [-0.39, 0.29) is 23.8 Å². The first kappa shape index (κ1) is 14.7. The van der Waals surface area contributed by atoms with Gasteiger partial charge in [0.15, 0.2) is 0 Å². The number of aromatic nitrogens is 1. The molecule has 23 heavy (non-hydrogen) atoms. The first-order valence-electron chi connectivity index (χ1n) is 8.20. The summed E-state index contributed by atoms with van der Waals surface area (Å²) in [6, 6.07) is 12.1. The minimum atomic E-state index is 0.0948. The summed E-state index contributed by atoms with van der Waals surface area (Å²) in [6.45, 7) is 0.859. The number of halogens is 1. The molecule has 1 aliphatic heterocycles. The SMILES string of the molecule is O=C(C1CC1c1ccccc1Cl)N1CCCC1c1ccncc1. The average molecular weight is 327 g/mol. The number of nitrogens with zero attached hydrogens (tertiary/aromatic N) is 2. The van der Waals surface area contributed by atoms with Crippen LogP contribution >= 0.6 is 11.6 Å². The lowest BCUT2D eigenvalue weighted by atomic mass is 10.1. The van der Waals surface area contributed by atoms with Crippen LogP contribution in [0.15, 0.2) is 48.8 Å². The third-order valence-corrected chi connectivity index (χ3v) is 5.38. The number of hydrogen-bond donors (Lipinski definition) is 0. The Labute approximate surface area is 141 Å². The fourth-order valence-electron chi connectivity index (χ4n) is 3.76. The molecule has 3 nitrogen and oxygen atoms in total. The lowest BCUT2D eigenvalue weighted by molar-refractivity contribution is -0.133. The van der Waals surface area contributed by atoms with Gasteiger partial charge < -0.3 is 4.90 Å². The summed E-state index contributed by atoms with van der Waals surface area (Å²) in [6.07, 6.45) is 6.64. The second kappa shape index (κ2) is 5.97. The van der Waals surface area contributed by atoms with Crippen LogP contribution in [0.1, 0.15) is 42.3 Å². The fraction of sp³-hybridized carbons (Fsp3) is 0.368. The lowest BCUT2D eigenvalue weighted by Gasteiger charge is -2.25. The summed E-state index contributed by atoms with van der Waals surface area (Å²) in [4.78, 5) is 19.1. The Kier molecular flexibility index (Phi) is 3.82. The van der Waals surface area contributed by atoms with Gasteiger partial charge in [-0.3, -0.25) is 9.78 Å². The van der Waals surface area contributed by atoms with Crippen molar-refractivity contribution < 1.29 is 4.79 Å². The molecule has 2 aliphatic rings. The third kappa shape index (κ3) is 2.74. The zero-order chi connectivity index (χ0) is 15.8. The molecule has 4 rings (SSSR count). The molecule has 2 heterocycles. The van der Waals surface area contributed by atoms with E-state index in [1.54, 1.807) is 12.4 Å². The van der Waals surface area contributed by atoms with Crippen LogP contribution in [0, 0.1) is 5.92 Å². The number of carbonyl (C=O) groups excluding carboxylic acids is 1. The average Bonchev–Trinajstić information content (AvgIpc) is 3.22. The van der Waals surface area contributed by atoms with Crippen LogP contribution in [0.25, 0.3) is 0 Å². The molecule has 0 radical (unpaired) electrons. The van der Waals surface area contributed by atoms with Gasteiger partial charge in [-0.2, -0.15) is 0 Å². The van der Waals surface area contributed by atoms with E-state index >= 15 is 0 Å². The summed E-state index contributed by atoms with van der Waals surface area (Å²) in [5.41, 5.74) is 2.31. The number of rotatable bonds is 3. The van der Waals surface area contributed by atoms with Gasteiger partial charge in [0.25, 0.3) is 0 Å². The summed E-state index contributed by atoms with van der Waals surface area (Å²) < 4.78 is 0. The second-order valence-corrected chi connectivity index (χ2v) is 6.85. The fourth-order valence-corrected chi connectivity index (χ4v) is 4.04. The molecule has 1 aliphatic carbocycles. The van der Waals surface area contributed by atoms with Crippen LogP contribution in [0.3, 0.4) is 0 Å². The maximum Gasteiger partial charge on any atom is 0.226 e. The molecule has 0 spiro atoms. The van der Waals surface area contributed by atoms with Gasteiger partial charge in [0, 0.05) is 29.9 Å². The Balaban J connectivity index is 1.51. The highest BCUT2D eigenvalue weighted by atomic mass is 35.5. The topological polar surface area (TPSA) is 33.2 Å². The van der Waals surface area contributed by atoms with Crippen molar-refractivity contribution in [3.63, 3.8) is 0 Å². The Bertz CT molecular complexity index is 718. The highest BCUT2D eigenvalue weighted by Gasteiger charge is 2.48. The largest absolute Gasteiger partial charge is 0.335 e. The van der Waals surface area contributed by atoms with Gasteiger partial charge in [-0.25, -0.2) is 0 Å². The highest BCUT2D eigenvalue weighted by molar-refractivity contribution is 6.31. The van der Waals surface area contributed by atoms with E-state index in [1.807, 2.05) is 36.4 Å². The minimum absolute atomic E-state index is 0.0948. The maximum atomic E-state index is 13.0. The van der Waals surface area contributed by atoms with Crippen molar-refractivity contribution in [3.05, 3.63) is 64.9 Å². The molecule has 3 atom stereocenters. The smallest absolute Gasteiger partial charge is 0.226 e. The molecule has 1 amide bonds. The first-order chi connectivity index (χ1) is 11.3. The number of carbonyl (C=O) groups is 1. The molecule has 0 bridgehead atoms. The molecule has 0 N–H and O–H groups in total. The van der Waals surface area contributed by atoms with Gasteiger partial charge in [-0.15, -0.1) is 0 Å². The Morgan fingerprint density at radius 3 is 2.74 bits per heavy atom. The molecule has 3 unspecified atom stereocenters. The normalized spacial score (nSPS) is 26.3. The number of hydrogen-bond acceptors (Lipinski definition) is 2. The zero-order valence-electron chi connectivity index (χ0n) is 12.9. The molecule has 4 heteroatoms. The highest BCUT2D eigenvalue weighted by Crippen LogP contribution is 2.51. The van der Waals surface area contributed by atoms with Crippen LogP contribution in [0.2, 0.25) is 5.02 Å². The lowest BCUT2D eigenvalue weighted by Crippen LogP contribution is -2.32. The van der Waals surface area contributed by atoms with E-state index in [1.165, 1.54) is 5.56 Å². The van der Waals surface area contributed by atoms with Gasteiger partial charge in [-0.1, -0.05) is 29.8 Å². The maximum absolute atomic E-state index is 13.0. The van der Waals surface area contributed by atoms with E-state index in [2.05, 4.69) is 9.88 Å². The standard InChI is InChI=1S/C19H19ClN2O/c20-17-5-2-1-4-14(17)15-12-16(15)19(23)22-11-3-6-18(22)13-7-9-21-10-8-13/h1-2,4-5,7-10,15-16,18H,3,6,11-12H2. The number of amides is 1. The van der Waals surface area contributed by atoms with Crippen molar-refractivity contribution in [3.8, 4) is 0 Å². The van der Waals surface area contributed by atoms with Crippen molar-refractivity contribution in [1.29, 1.82) is 0 Å². The van der Waals surface area contributed by atoms with Gasteiger partial charge in [0.2, 0.25) is 5.91 Å². The second-order valence-electron chi connectivity index (χ2n) is 6.44. The number of pyridine rings is 1. The van der Waals surface area contributed by atoms with Crippen molar-refractivity contribution in [2.24, 2.45) is 5.92 Å². The van der Waals surface area contributed by atoms with E-state index in [9.17, 15) is 4.79 Å². The molecule has 1 aromatic heterocycles. The van der Waals surface area contributed by atoms with Crippen LogP contribution in [0.5, 0.6) is 0 Å². The van der Waals surface area contributed by atoms with Crippen molar-refractivity contribution in [2.45, 2.75) is 31.2 Å². The predicted octanol–water partition coefficient (Wildman–Crippen LogP) is 4.20. The van der Waals surface area contributed by atoms with Crippen molar-refractivity contribution >= 4 is 17.5 Å². The van der Waals surface area contributed by atoms with Crippen molar-refractivity contribution in [2.75, 3.05) is 6.54 Å². The van der Waals surface area contributed by atoms with E-state index < -0.39 is 0 Å². The van der Waals surface area contributed by atoms with Gasteiger partial charge >= 0.3 is 0 Å². The van der Waals surface area contributed by atoms with E-state index in [4.69, 9.17) is 11.6 Å². The molecule has 1 aromatic carbocycles. The minimum Gasteiger partial charge on any atom is -0.335 e. The number of likely N-dealkylation sites (tertiary alicyclic amines) is 1. The van der Waals surface area contributed by atoms with Gasteiger partial charge in [0.1, 0.15) is 0 Å².